The van der Waals surface area contributed by atoms with Crippen LogP contribution in [0.25, 0.3) is 11.1 Å². The predicted molar refractivity (Wildman–Crippen MR) is 219 cm³/mol. The van der Waals surface area contributed by atoms with Gasteiger partial charge in [-0.3, -0.25) is 9.69 Å². The van der Waals surface area contributed by atoms with Crippen molar-refractivity contribution in [1.29, 1.82) is 0 Å². The zero-order chi connectivity index (χ0) is 36.5. The topological polar surface area (TPSA) is 156 Å². The van der Waals surface area contributed by atoms with Gasteiger partial charge < -0.3 is 16.2 Å². The Morgan fingerprint density at radius 1 is 0.865 bits per heavy atom. The molecule has 0 spiro atoms. The Hall–Kier alpha value is -3.42. The lowest BCUT2D eigenvalue weighted by Crippen LogP contribution is -2.41. The van der Waals surface area contributed by atoms with Crippen molar-refractivity contribution in [3.63, 3.8) is 0 Å². The number of thioether (sulfide) groups is 1. The van der Waals surface area contributed by atoms with E-state index in [2.05, 4.69) is 47.5 Å². The molecule has 0 aliphatic rings. The van der Waals surface area contributed by atoms with Gasteiger partial charge in [-0.25, -0.2) is 18.4 Å². The van der Waals surface area contributed by atoms with Gasteiger partial charge >= 0.3 is 5.97 Å². The average molecular weight is 792 g/mol. The second-order valence-corrected chi connectivity index (χ2v) is 14.6. The molecule has 0 aliphatic carbocycles. The molecule has 52 heavy (non-hydrogen) atoms. The molecular formula is C39H52Cl2N4O5S2. The highest BCUT2D eigenvalue weighted by Crippen LogP contribution is 2.29. The third-order valence-electron chi connectivity index (χ3n) is 8.26. The molecule has 13 heteroatoms. The molecule has 0 aromatic heterocycles. The van der Waals surface area contributed by atoms with Crippen LogP contribution in [0.4, 0.5) is 0 Å². The van der Waals surface area contributed by atoms with Crippen molar-refractivity contribution in [3.8, 4) is 11.1 Å². The SMILES string of the molecule is CCCCN(CCc1ccccc1)Cc1ccc(C(=O)N[C@@H](CCSC)C(=O)O)c(-c2ccccc2C)c1.Cl.Cl.NCc1ccc(S(N)(=O)=O)cc1. The monoisotopic (exact) mass is 790 g/mol. The van der Waals surface area contributed by atoms with Crippen LogP contribution in [-0.2, 0) is 34.3 Å². The largest absolute Gasteiger partial charge is 0.480 e. The quantitative estimate of drug-likeness (QED) is 0.0885. The van der Waals surface area contributed by atoms with Crippen molar-refractivity contribution in [1.82, 2.24) is 10.2 Å². The molecule has 0 aliphatic heterocycles. The number of hydrogen-bond donors (Lipinski definition) is 4. The second kappa shape index (κ2) is 24.0. The Balaban J connectivity index is 0.000000821. The molecule has 0 unspecified atom stereocenters. The number of benzene rings is 4. The minimum atomic E-state index is -3.57. The number of nitrogens with one attached hydrogen (secondary N) is 1. The van der Waals surface area contributed by atoms with E-state index in [4.69, 9.17) is 10.9 Å². The fourth-order valence-electron chi connectivity index (χ4n) is 5.37. The maximum Gasteiger partial charge on any atom is 0.326 e. The third kappa shape index (κ3) is 15.3. The van der Waals surface area contributed by atoms with Crippen LogP contribution in [-0.4, -0.2) is 61.4 Å². The molecule has 4 rings (SSSR count). The summed E-state index contributed by atoms with van der Waals surface area (Å²) in [6, 6.07) is 29.8. The van der Waals surface area contributed by atoms with E-state index in [1.807, 2.05) is 55.6 Å². The molecule has 9 nitrogen and oxygen atoms in total. The van der Waals surface area contributed by atoms with Gasteiger partial charge in [-0.15, -0.1) is 24.8 Å². The molecule has 0 saturated heterocycles. The van der Waals surface area contributed by atoms with Crippen molar-refractivity contribution in [3.05, 3.63) is 125 Å². The molecule has 4 aromatic rings. The highest BCUT2D eigenvalue weighted by atomic mass is 35.5. The van der Waals surface area contributed by atoms with Crippen molar-refractivity contribution in [2.45, 2.75) is 63.6 Å². The zero-order valence-corrected chi connectivity index (χ0v) is 33.3. The van der Waals surface area contributed by atoms with Gasteiger partial charge in [-0.05, 0) is 102 Å². The van der Waals surface area contributed by atoms with E-state index in [1.165, 1.54) is 17.7 Å². The Morgan fingerprint density at radius 3 is 2.08 bits per heavy atom. The Kier molecular flexibility index (Phi) is 21.5. The summed E-state index contributed by atoms with van der Waals surface area (Å²) in [5, 5.41) is 17.3. The molecular weight excluding hydrogens is 739 g/mol. The first-order chi connectivity index (χ1) is 24.0. The number of nitrogens with two attached hydrogens (primary N) is 2. The number of sulfonamides is 1. The number of carbonyl (C=O) groups is 2. The number of carboxylic acid groups (broad SMARTS) is 1. The summed E-state index contributed by atoms with van der Waals surface area (Å²) in [4.78, 5) is 27.7. The summed E-state index contributed by atoms with van der Waals surface area (Å²) in [7, 11) is -3.57. The molecule has 6 N–H and O–H groups in total. The summed E-state index contributed by atoms with van der Waals surface area (Å²) in [5.41, 5.74) is 12.1. The minimum Gasteiger partial charge on any atom is -0.480 e. The zero-order valence-electron chi connectivity index (χ0n) is 30.0. The van der Waals surface area contributed by atoms with Crippen LogP contribution >= 0.6 is 36.6 Å². The van der Waals surface area contributed by atoms with E-state index in [0.29, 0.717) is 24.3 Å². The van der Waals surface area contributed by atoms with Crippen molar-refractivity contribution in [2.24, 2.45) is 10.9 Å². The first-order valence-corrected chi connectivity index (χ1v) is 19.7. The van der Waals surface area contributed by atoms with E-state index < -0.39 is 22.0 Å². The summed E-state index contributed by atoms with van der Waals surface area (Å²) in [6.07, 6.45) is 5.57. The fourth-order valence-corrected chi connectivity index (χ4v) is 6.36. The number of aliphatic carboxylic acids is 1. The molecule has 0 bridgehead atoms. The molecule has 0 radical (unpaired) electrons. The summed E-state index contributed by atoms with van der Waals surface area (Å²) in [6.45, 7) is 7.41. The highest BCUT2D eigenvalue weighted by molar-refractivity contribution is 7.98. The number of carbonyl (C=O) groups excluding carboxylic acids is 1. The average Bonchev–Trinajstić information content (AvgIpc) is 3.11. The first kappa shape index (κ1) is 46.6. The van der Waals surface area contributed by atoms with Crippen molar-refractivity contribution >= 4 is 58.5 Å². The number of amides is 1. The molecule has 0 heterocycles. The Morgan fingerprint density at radius 2 is 1.50 bits per heavy atom. The van der Waals surface area contributed by atoms with Gasteiger partial charge in [0, 0.05) is 25.2 Å². The summed E-state index contributed by atoms with van der Waals surface area (Å²) in [5.74, 6) is -0.695. The normalized spacial score (nSPS) is 11.3. The van der Waals surface area contributed by atoms with Crippen LogP contribution in [0.1, 0.15) is 58.8 Å². The smallest absolute Gasteiger partial charge is 0.326 e. The van der Waals surface area contributed by atoms with Crippen LogP contribution in [0, 0.1) is 6.92 Å². The Labute approximate surface area is 325 Å². The third-order valence-corrected chi connectivity index (χ3v) is 9.83. The van der Waals surface area contributed by atoms with E-state index in [1.54, 1.807) is 23.9 Å². The molecule has 0 fully saturated rings. The fraction of sp³-hybridized carbons (Fsp3) is 0.333. The van der Waals surface area contributed by atoms with E-state index in [9.17, 15) is 23.1 Å². The number of nitrogens with zero attached hydrogens (tertiary/aromatic N) is 1. The standard InChI is InChI=1S/C32H40N2O3S.C7H10N2O2S.2ClH/c1-4-5-19-34(20-17-25-12-7-6-8-13-25)23-26-15-16-28(29(22-26)27-14-10-9-11-24(27)2)31(35)33-30(32(36)37)18-21-38-3;8-5-6-1-3-7(4-2-6)12(9,10)11;;/h6-16,22,30H,4-5,17-21,23H2,1-3H3,(H,33,35)(H,36,37);1-4H,5,8H2,(H2,9,10,11);2*1H/t30-;;;/m0.../s1. The number of primary sulfonamides is 1. The van der Waals surface area contributed by atoms with Gasteiger partial charge in [0.1, 0.15) is 6.04 Å². The van der Waals surface area contributed by atoms with Crippen LogP contribution in [0.3, 0.4) is 0 Å². The van der Waals surface area contributed by atoms with E-state index in [0.717, 1.165) is 66.7 Å². The maximum atomic E-state index is 13.4. The molecule has 1 amide bonds. The maximum absolute atomic E-state index is 13.4. The summed E-state index contributed by atoms with van der Waals surface area (Å²) >= 11 is 1.57. The van der Waals surface area contributed by atoms with Crippen LogP contribution in [0.5, 0.6) is 0 Å². The number of halogens is 2. The number of rotatable bonds is 17. The van der Waals surface area contributed by atoms with Crippen molar-refractivity contribution < 1.29 is 23.1 Å². The number of carboxylic acids is 1. The number of hydrogen-bond acceptors (Lipinski definition) is 7. The summed E-state index contributed by atoms with van der Waals surface area (Å²) < 4.78 is 21.6. The van der Waals surface area contributed by atoms with Gasteiger partial charge in [0.2, 0.25) is 10.0 Å². The molecule has 0 saturated carbocycles. The molecule has 4 aromatic carbocycles. The lowest BCUT2D eigenvalue weighted by Gasteiger charge is -2.23. The van der Waals surface area contributed by atoms with Gasteiger partial charge in [-0.2, -0.15) is 11.8 Å². The predicted octanol–water partition coefficient (Wildman–Crippen LogP) is 7.08. The molecule has 1 atom stereocenters. The number of aryl methyl sites for hydroxylation is 1. The number of unbranched alkanes of at least 4 members (excludes halogenated alkanes) is 1. The van der Waals surface area contributed by atoms with E-state index >= 15 is 0 Å². The minimum absolute atomic E-state index is 0. The Bertz CT molecular complexity index is 1780. The lowest BCUT2D eigenvalue weighted by molar-refractivity contribution is -0.139. The van der Waals surface area contributed by atoms with E-state index in [-0.39, 0.29) is 35.6 Å². The van der Waals surface area contributed by atoms with Gasteiger partial charge in [0.05, 0.1) is 4.90 Å². The van der Waals surface area contributed by atoms with Crippen molar-refractivity contribution in [2.75, 3.05) is 25.1 Å². The van der Waals surface area contributed by atoms with Gasteiger partial charge in [0.25, 0.3) is 5.91 Å². The second-order valence-electron chi connectivity index (χ2n) is 12.1. The van der Waals surface area contributed by atoms with Gasteiger partial charge in [-0.1, -0.05) is 86.1 Å². The van der Waals surface area contributed by atoms with Gasteiger partial charge in [0.15, 0.2) is 0 Å². The van der Waals surface area contributed by atoms with Crippen LogP contribution < -0.4 is 16.2 Å². The first-order valence-electron chi connectivity index (χ1n) is 16.8. The van der Waals surface area contributed by atoms with Crippen LogP contribution in [0.15, 0.2) is 102 Å². The van der Waals surface area contributed by atoms with Crippen LogP contribution in [0.2, 0.25) is 0 Å². The molecule has 284 valence electrons. The lowest BCUT2D eigenvalue weighted by atomic mass is 9.93. The highest BCUT2D eigenvalue weighted by Gasteiger charge is 2.23.